The monoisotopic (exact) mass is 288 g/mol. The summed E-state index contributed by atoms with van der Waals surface area (Å²) in [7, 11) is 0. The second-order valence-corrected chi connectivity index (χ2v) is 6.07. The van der Waals surface area contributed by atoms with Crippen molar-refractivity contribution in [3.8, 4) is 0 Å². The molecule has 1 aliphatic heterocycles. The molecule has 0 bridgehead atoms. The lowest BCUT2D eigenvalue weighted by molar-refractivity contribution is -0.123. The summed E-state index contributed by atoms with van der Waals surface area (Å²) in [5.74, 6) is 0.915. The summed E-state index contributed by atoms with van der Waals surface area (Å²) in [5, 5.41) is 6.31. The van der Waals surface area contributed by atoms with Crippen LogP contribution >= 0.6 is 0 Å². The maximum atomic E-state index is 12.1. The summed E-state index contributed by atoms with van der Waals surface area (Å²) in [6.07, 6.45) is 4.32. The van der Waals surface area contributed by atoms with Crippen molar-refractivity contribution in [2.75, 3.05) is 19.8 Å². The van der Waals surface area contributed by atoms with Crippen molar-refractivity contribution < 1.29 is 9.53 Å². The molecule has 2 N–H and O–H groups in total. The Bertz CT molecular complexity index is 485. The molecule has 1 aliphatic carbocycles. The van der Waals surface area contributed by atoms with Crippen LogP contribution in [0.3, 0.4) is 0 Å². The van der Waals surface area contributed by atoms with E-state index in [1.54, 1.807) is 0 Å². The van der Waals surface area contributed by atoms with E-state index >= 15 is 0 Å². The van der Waals surface area contributed by atoms with Crippen molar-refractivity contribution >= 4 is 5.91 Å². The highest BCUT2D eigenvalue weighted by atomic mass is 16.5. The lowest BCUT2D eigenvalue weighted by Gasteiger charge is -2.25. The molecule has 21 heavy (non-hydrogen) atoms. The van der Waals surface area contributed by atoms with E-state index in [-0.39, 0.29) is 11.9 Å². The Labute approximate surface area is 126 Å². The van der Waals surface area contributed by atoms with Crippen LogP contribution in [-0.2, 0) is 22.5 Å². The molecule has 0 saturated heterocycles. The minimum absolute atomic E-state index is 0.103. The molecule has 1 heterocycles. The van der Waals surface area contributed by atoms with Crippen LogP contribution in [0.4, 0.5) is 0 Å². The zero-order chi connectivity index (χ0) is 14.5. The molecule has 1 aromatic carbocycles. The molecule has 2 aliphatic rings. The van der Waals surface area contributed by atoms with Gasteiger partial charge in [0.15, 0.2) is 0 Å². The number of carbonyl (C=O) groups is 1. The SMILES string of the molecule is O=C(NCCCOCC1CC1)[C@@H]1Cc2ccccc2CN1. The van der Waals surface area contributed by atoms with Crippen LogP contribution in [0.2, 0.25) is 0 Å². The fraction of sp³-hybridized carbons (Fsp3) is 0.588. The lowest BCUT2D eigenvalue weighted by atomic mass is 9.95. The summed E-state index contributed by atoms with van der Waals surface area (Å²) in [6, 6.07) is 8.21. The molecule has 4 heteroatoms. The zero-order valence-electron chi connectivity index (χ0n) is 12.4. The quantitative estimate of drug-likeness (QED) is 0.750. The van der Waals surface area contributed by atoms with Crippen LogP contribution in [0, 0.1) is 5.92 Å². The molecule has 1 aromatic rings. The zero-order valence-corrected chi connectivity index (χ0v) is 12.4. The number of hydrogen-bond acceptors (Lipinski definition) is 3. The highest BCUT2D eigenvalue weighted by Crippen LogP contribution is 2.28. The summed E-state index contributed by atoms with van der Waals surface area (Å²) in [4.78, 5) is 12.1. The molecule has 0 spiro atoms. The van der Waals surface area contributed by atoms with Crippen LogP contribution in [0.15, 0.2) is 24.3 Å². The van der Waals surface area contributed by atoms with Gasteiger partial charge in [0.05, 0.1) is 6.04 Å². The van der Waals surface area contributed by atoms with Crippen molar-refractivity contribution in [1.82, 2.24) is 10.6 Å². The Morgan fingerprint density at radius 1 is 1.29 bits per heavy atom. The van der Waals surface area contributed by atoms with E-state index in [4.69, 9.17) is 4.74 Å². The van der Waals surface area contributed by atoms with Gasteiger partial charge in [-0.05, 0) is 42.7 Å². The molecule has 1 saturated carbocycles. The number of benzene rings is 1. The number of nitrogens with one attached hydrogen (secondary N) is 2. The van der Waals surface area contributed by atoms with Crippen molar-refractivity contribution in [3.63, 3.8) is 0 Å². The van der Waals surface area contributed by atoms with Gasteiger partial charge in [-0.3, -0.25) is 4.79 Å². The van der Waals surface area contributed by atoms with Gasteiger partial charge in [0.2, 0.25) is 5.91 Å². The van der Waals surface area contributed by atoms with Crippen LogP contribution < -0.4 is 10.6 Å². The van der Waals surface area contributed by atoms with Crippen molar-refractivity contribution in [2.24, 2.45) is 5.92 Å². The Balaban J connectivity index is 1.34. The Morgan fingerprint density at radius 2 is 2.10 bits per heavy atom. The minimum Gasteiger partial charge on any atom is -0.381 e. The predicted molar refractivity (Wildman–Crippen MR) is 81.9 cm³/mol. The number of fused-ring (bicyclic) bond motifs is 1. The summed E-state index contributed by atoms with van der Waals surface area (Å²) < 4.78 is 5.56. The normalized spacial score (nSPS) is 20.9. The third kappa shape index (κ3) is 4.29. The Hall–Kier alpha value is -1.39. The van der Waals surface area contributed by atoms with E-state index in [1.165, 1.54) is 24.0 Å². The van der Waals surface area contributed by atoms with Crippen molar-refractivity contribution in [3.05, 3.63) is 35.4 Å². The predicted octanol–water partition coefficient (Wildman–Crippen LogP) is 1.63. The van der Waals surface area contributed by atoms with Gasteiger partial charge in [0.25, 0.3) is 0 Å². The summed E-state index contributed by atoms with van der Waals surface area (Å²) in [6.45, 7) is 3.12. The van der Waals surface area contributed by atoms with Gasteiger partial charge in [-0.1, -0.05) is 24.3 Å². The molecule has 3 rings (SSSR count). The van der Waals surface area contributed by atoms with E-state index < -0.39 is 0 Å². The first-order chi connectivity index (χ1) is 10.3. The fourth-order valence-corrected chi connectivity index (χ4v) is 2.68. The van der Waals surface area contributed by atoms with E-state index in [9.17, 15) is 4.79 Å². The highest BCUT2D eigenvalue weighted by molar-refractivity contribution is 5.82. The van der Waals surface area contributed by atoms with E-state index in [0.29, 0.717) is 6.54 Å². The maximum Gasteiger partial charge on any atom is 0.237 e. The smallest absolute Gasteiger partial charge is 0.237 e. The number of carbonyl (C=O) groups excluding carboxylic acids is 1. The molecule has 1 fully saturated rings. The van der Waals surface area contributed by atoms with Crippen LogP contribution in [0.1, 0.15) is 30.4 Å². The van der Waals surface area contributed by atoms with Gasteiger partial charge < -0.3 is 15.4 Å². The van der Waals surface area contributed by atoms with Crippen LogP contribution in [0.25, 0.3) is 0 Å². The standard InChI is InChI=1S/C17H24N2O2/c20-17(18-8-3-9-21-12-13-6-7-13)16-10-14-4-1-2-5-15(14)11-19-16/h1-2,4-5,13,16,19H,3,6-12H2,(H,18,20)/t16-/m0/s1. The number of amides is 1. The Kier molecular flexibility index (Phi) is 4.88. The molecular formula is C17H24N2O2. The average Bonchev–Trinajstić information content (AvgIpc) is 3.34. The molecule has 4 nitrogen and oxygen atoms in total. The summed E-state index contributed by atoms with van der Waals surface area (Å²) in [5.41, 5.74) is 2.58. The molecular weight excluding hydrogens is 264 g/mol. The molecule has 0 unspecified atom stereocenters. The largest absolute Gasteiger partial charge is 0.381 e. The molecule has 1 amide bonds. The van der Waals surface area contributed by atoms with Gasteiger partial charge in [0, 0.05) is 26.3 Å². The molecule has 0 radical (unpaired) electrons. The molecule has 1 atom stereocenters. The van der Waals surface area contributed by atoms with Gasteiger partial charge in [-0.25, -0.2) is 0 Å². The topological polar surface area (TPSA) is 50.4 Å². The van der Waals surface area contributed by atoms with Crippen molar-refractivity contribution in [2.45, 2.75) is 38.3 Å². The second kappa shape index (κ2) is 7.05. The van der Waals surface area contributed by atoms with Gasteiger partial charge in [-0.2, -0.15) is 0 Å². The maximum absolute atomic E-state index is 12.1. The first kappa shape index (κ1) is 14.5. The van der Waals surface area contributed by atoms with Crippen LogP contribution in [-0.4, -0.2) is 31.7 Å². The number of rotatable bonds is 7. The van der Waals surface area contributed by atoms with Gasteiger partial charge in [-0.15, -0.1) is 0 Å². The minimum atomic E-state index is -0.104. The van der Waals surface area contributed by atoms with E-state index in [0.717, 1.165) is 38.5 Å². The number of ether oxygens (including phenoxy) is 1. The number of hydrogen-bond donors (Lipinski definition) is 2. The third-order valence-electron chi connectivity index (χ3n) is 4.21. The van der Waals surface area contributed by atoms with Gasteiger partial charge >= 0.3 is 0 Å². The highest BCUT2D eigenvalue weighted by Gasteiger charge is 2.23. The molecule has 0 aromatic heterocycles. The van der Waals surface area contributed by atoms with E-state index in [2.05, 4.69) is 22.8 Å². The fourth-order valence-electron chi connectivity index (χ4n) is 2.68. The first-order valence-corrected chi connectivity index (χ1v) is 7.98. The second-order valence-electron chi connectivity index (χ2n) is 6.07. The van der Waals surface area contributed by atoms with Gasteiger partial charge in [0.1, 0.15) is 0 Å². The molecule has 114 valence electrons. The first-order valence-electron chi connectivity index (χ1n) is 7.98. The van der Waals surface area contributed by atoms with Crippen LogP contribution in [0.5, 0.6) is 0 Å². The summed E-state index contributed by atoms with van der Waals surface area (Å²) >= 11 is 0. The average molecular weight is 288 g/mol. The van der Waals surface area contributed by atoms with Crippen molar-refractivity contribution in [1.29, 1.82) is 0 Å². The third-order valence-corrected chi connectivity index (χ3v) is 4.21. The Morgan fingerprint density at radius 3 is 2.90 bits per heavy atom. The lowest BCUT2D eigenvalue weighted by Crippen LogP contribution is -2.47. The van der Waals surface area contributed by atoms with E-state index in [1.807, 2.05) is 12.1 Å².